The monoisotopic (exact) mass is 338 g/mol. The highest BCUT2D eigenvalue weighted by Crippen LogP contribution is 2.33. The van der Waals surface area contributed by atoms with Gasteiger partial charge in [0.2, 0.25) is 0 Å². The summed E-state index contributed by atoms with van der Waals surface area (Å²) in [6, 6.07) is 10.3. The first-order chi connectivity index (χ1) is 11.7. The van der Waals surface area contributed by atoms with E-state index in [1.54, 1.807) is 17.4 Å². The van der Waals surface area contributed by atoms with Gasteiger partial charge in [0.15, 0.2) is 5.43 Å². The first-order valence-corrected chi connectivity index (χ1v) is 9.69. The van der Waals surface area contributed by atoms with Gasteiger partial charge in [0.25, 0.3) is 0 Å². The van der Waals surface area contributed by atoms with Crippen molar-refractivity contribution in [2.75, 3.05) is 18.0 Å². The Morgan fingerprint density at radius 1 is 1.12 bits per heavy atom. The lowest BCUT2D eigenvalue weighted by molar-refractivity contribution is 0.578. The second-order valence-electron chi connectivity index (χ2n) is 6.59. The van der Waals surface area contributed by atoms with Crippen LogP contribution >= 0.6 is 11.3 Å². The molecule has 0 spiro atoms. The van der Waals surface area contributed by atoms with Crippen molar-refractivity contribution in [1.82, 2.24) is 4.98 Å². The van der Waals surface area contributed by atoms with E-state index in [9.17, 15) is 4.79 Å². The van der Waals surface area contributed by atoms with Gasteiger partial charge in [-0.2, -0.15) is 0 Å². The van der Waals surface area contributed by atoms with Crippen LogP contribution in [0.4, 0.5) is 5.69 Å². The van der Waals surface area contributed by atoms with E-state index in [0.717, 1.165) is 52.3 Å². The van der Waals surface area contributed by atoms with Crippen molar-refractivity contribution in [3.63, 3.8) is 0 Å². The zero-order chi connectivity index (χ0) is 16.5. The Kier molecular flexibility index (Phi) is 4.23. The number of benzene rings is 2. The van der Waals surface area contributed by atoms with Crippen molar-refractivity contribution < 1.29 is 0 Å². The van der Waals surface area contributed by atoms with E-state index < -0.39 is 0 Å². The minimum Gasteiger partial charge on any atom is -0.371 e. The van der Waals surface area contributed by atoms with E-state index >= 15 is 0 Å². The molecule has 1 aromatic rings. The molecule has 124 valence electrons. The largest absolute Gasteiger partial charge is 0.371 e. The van der Waals surface area contributed by atoms with Gasteiger partial charge in [-0.1, -0.05) is 13.3 Å². The molecular formula is C20H22N2OS. The predicted octanol–water partition coefficient (Wildman–Crippen LogP) is 4.70. The second-order valence-corrected chi connectivity index (χ2v) is 7.68. The lowest BCUT2D eigenvalue weighted by atomic mass is 10.1. The third-order valence-corrected chi connectivity index (χ3v) is 5.88. The molecule has 1 fully saturated rings. The molecule has 0 saturated carbocycles. The molecule has 0 aromatic heterocycles. The number of hydrogen-bond donors (Lipinski definition) is 0. The summed E-state index contributed by atoms with van der Waals surface area (Å²) in [5.41, 5.74) is 4.28. The first kappa shape index (κ1) is 15.6. The minimum atomic E-state index is 0.147. The third-order valence-electron chi connectivity index (χ3n) is 4.79. The van der Waals surface area contributed by atoms with Gasteiger partial charge in [-0.3, -0.25) is 4.79 Å². The van der Waals surface area contributed by atoms with E-state index in [1.165, 1.54) is 24.9 Å². The Labute approximate surface area is 146 Å². The quantitative estimate of drug-likeness (QED) is 0.649. The van der Waals surface area contributed by atoms with Crippen LogP contribution in [0.2, 0.25) is 0 Å². The van der Waals surface area contributed by atoms with Crippen LogP contribution in [0, 0.1) is 0 Å². The molecule has 0 amide bonds. The molecule has 0 N–H and O–H groups in total. The Hall–Kier alpha value is -1.94. The molecule has 3 aliphatic rings. The van der Waals surface area contributed by atoms with Crippen LogP contribution in [0.3, 0.4) is 0 Å². The van der Waals surface area contributed by atoms with Gasteiger partial charge in [0.05, 0.1) is 20.8 Å². The number of aryl methyl sites for hydroxylation is 1. The molecule has 2 heterocycles. The maximum atomic E-state index is 12.2. The summed E-state index contributed by atoms with van der Waals surface area (Å²) < 4.78 is 1.16. The van der Waals surface area contributed by atoms with Crippen LogP contribution in [0.1, 0.15) is 38.2 Å². The van der Waals surface area contributed by atoms with Crippen molar-refractivity contribution in [1.29, 1.82) is 0 Å². The van der Waals surface area contributed by atoms with Crippen LogP contribution < -0.4 is 10.3 Å². The fourth-order valence-electron chi connectivity index (χ4n) is 3.50. The summed E-state index contributed by atoms with van der Waals surface area (Å²) in [5, 5.41) is 0. The number of piperidine rings is 1. The van der Waals surface area contributed by atoms with Gasteiger partial charge in [0.1, 0.15) is 0 Å². The molecule has 24 heavy (non-hydrogen) atoms. The number of aromatic nitrogens is 1. The highest BCUT2D eigenvalue weighted by molar-refractivity contribution is 7.21. The normalized spacial score (nSPS) is 15.3. The molecule has 0 unspecified atom stereocenters. The van der Waals surface area contributed by atoms with Crippen molar-refractivity contribution in [2.45, 2.75) is 39.0 Å². The Morgan fingerprint density at radius 3 is 2.75 bits per heavy atom. The van der Waals surface area contributed by atoms with Crippen LogP contribution in [-0.2, 0) is 6.42 Å². The van der Waals surface area contributed by atoms with Crippen molar-refractivity contribution in [2.24, 2.45) is 0 Å². The van der Waals surface area contributed by atoms with E-state index in [0.29, 0.717) is 0 Å². The van der Waals surface area contributed by atoms with Gasteiger partial charge in [-0.15, -0.1) is 11.3 Å². The Balaban J connectivity index is 1.80. The van der Waals surface area contributed by atoms with Crippen LogP contribution in [0.25, 0.3) is 20.8 Å². The number of hydrogen-bond acceptors (Lipinski definition) is 4. The van der Waals surface area contributed by atoms with E-state index in [-0.39, 0.29) is 5.43 Å². The second kappa shape index (κ2) is 6.52. The summed E-state index contributed by atoms with van der Waals surface area (Å²) >= 11 is 1.68. The van der Waals surface area contributed by atoms with E-state index in [1.807, 2.05) is 6.07 Å². The molecule has 0 atom stereocenters. The molecule has 2 aliphatic heterocycles. The fraction of sp³-hybridized carbons (Fsp3) is 0.400. The summed E-state index contributed by atoms with van der Waals surface area (Å²) in [6.07, 6.45) is 5.70. The molecule has 1 saturated heterocycles. The van der Waals surface area contributed by atoms with E-state index in [2.05, 4.69) is 30.0 Å². The molecule has 1 aliphatic carbocycles. The standard InChI is InChI=1S/C20H22N2OS/c1-2-6-14-11-17-20(13-18(14)23)24-19-12-15(7-8-16(19)21-17)22-9-4-3-5-10-22/h7-8,11-13H,2-6,9-10H2,1H3. The summed E-state index contributed by atoms with van der Waals surface area (Å²) in [7, 11) is 0. The summed E-state index contributed by atoms with van der Waals surface area (Å²) in [4.78, 5) is 20.5. The highest BCUT2D eigenvalue weighted by atomic mass is 32.1. The molecule has 4 rings (SSSR count). The van der Waals surface area contributed by atoms with Gasteiger partial charge in [-0.25, -0.2) is 4.98 Å². The summed E-state index contributed by atoms with van der Waals surface area (Å²) in [6.45, 7) is 4.38. The van der Waals surface area contributed by atoms with Crippen molar-refractivity contribution >= 4 is 27.2 Å². The third kappa shape index (κ3) is 2.91. The van der Waals surface area contributed by atoms with Crippen molar-refractivity contribution in [3.05, 3.63) is 46.1 Å². The van der Waals surface area contributed by atoms with Crippen molar-refractivity contribution in [3.8, 4) is 10.6 Å². The predicted molar refractivity (Wildman–Crippen MR) is 103 cm³/mol. The molecule has 0 bridgehead atoms. The first-order valence-electron chi connectivity index (χ1n) is 8.87. The lowest BCUT2D eigenvalue weighted by Crippen LogP contribution is -2.29. The Morgan fingerprint density at radius 2 is 1.96 bits per heavy atom. The smallest absolute Gasteiger partial charge is 0.183 e. The minimum absolute atomic E-state index is 0.147. The SMILES string of the molecule is CCCc1cc2nc3ccc(N4CCCCC4)cc3sc-2cc1=O. The lowest BCUT2D eigenvalue weighted by Gasteiger charge is -2.28. The zero-order valence-corrected chi connectivity index (χ0v) is 14.9. The van der Waals surface area contributed by atoms with Gasteiger partial charge >= 0.3 is 0 Å². The maximum Gasteiger partial charge on any atom is 0.183 e. The number of nitrogens with zero attached hydrogens (tertiary/aromatic N) is 2. The maximum absolute atomic E-state index is 12.2. The molecule has 3 nitrogen and oxygen atoms in total. The average molecular weight is 338 g/mol. The van der Waals surface area contributed by atoms with Gasteiger partial charge < -0.3 is 4.90 Å². The average Bonchev–Trinajstić information content (AvgIpc) is 2.61. The molecule has 0 radical (unpaired) electrons. The molecule has 4 heteroatoms. The molecular weight excluding hydrogens is 316 g/mol. The van der Waals surface area contributed by atoms with E-state index in [4.69, 9.17) is 4.98 Å². The van der Waals surface area contributed by atoms with Gasteiger partial charge in [0, 0.05) is 30.4 Å². The number of rotatable bonds is 3. The molecule has 1 aromatic carbocycles. The van der Waals surface area contributed by atoms with Crippen LogP contribution in [0.5, 0.6) is 0 Å². The van der Waals surface area contributed by atoms with Crippen LogP contribution in [0.15, 0.2) is 35.1 Å². The fourth-order valence-corrected chi connectivity index (χ4v) is 4.51. The highest BCUT2D eigenvalue weighted by Gasteiger charge is 2.14. The number of anilines is 1. The zero-order valence-electron chi connectivity index (χ0n) is 14.0. The van der Waals surface area contributed by atoms with Gasteiger partial charge in [-0.05, 0) is 49.9 Å². The van der Waals surface area contributed by atoms with Crippen LogP contribution in [-0.4, -0.2) is 18.1 Å². The topological polar surface area (TPSA) is 33.2 Å². The summed E-state index contributed by atoms with van der Waals surface area (Å²) in [5.74, 6) is 0. The number of fused-ring (bicyclic) bond motifs is 2. The Bertz CT molecular complexity index is 896.